The van der Waals surface area contributed by atoms with Crippen molar-refractivity contribution in [2.24, 2.45) is 0 Å². The van der Waals surface area contributed by atoms with Crippen LogP contribution in [-0.2, 0) is 17.9 Å². The standard InChI is InChI=1S/C12H16N6O3/c1-3-16-6-4-10(14-16)9(2)13-12(19)8-17-7-5-11(15-17)18(20)21/h4-7,9H,3,8H2,1-2H3,(H,13,19). The number of rotatable bonds is 6. The van der Waals surface area contributed by atoms with Crippen molar-refractivity contribution in [2.45, 2.75) is 33.0 Å². The second kappa shape index (κ2) is 6.16. The summed E-state index contributed by atoms with van der Waals surface area (Å²) < 4.78 is 3.00. The Kier molecular flexibility index (Phi) is 4.31. The third-order valence-electron chi connectivity index (χ3n) is 2.93. The molecule has 0 fully saturated rings. The highest BCUT2D eigenvalue weighted by Crippen LogP contribution is 2.09. The summed E-state index contributed by atoms with van der Waals surface area (Å²) in [6.07, 6.45) is 3.24. The van der Waals surface area contributed by atoms with Gasteiger partial charge in [0.05, 0.1) is 29.1 Å². The summed E-state index contributed by atoms with van der Waals surface area (Å²) in [5.74, 6) is -0.566. The van der Waals surface area contributed by atoms with Crippen molar-refractivity contribution in [1.29, 1.82) is 0 Å². The number of hydrogen-bond acceptors (Lipinski definition) is 5. The highest BCUT2D eigenvalue weighted by Gasteiger charge is 2.16. The van der Waals surface area contributed by atoms with Crippen LogP contribution in [0, 0.1) is 10.1 Å². The molecule has 1 unspecified atom stereocenters. The van der Waals surface area contributed by atoms with Crippen LogP contribution in [0.3, 0.4) is 0 Å². The lowest BCUT2D eigenvalue weighted by Gasteiger charge is -2.10. The first-order valence-electron chi connectivity index (χ1n) is 6.50. The third-order valence-corrected chi connectivity index (χ3v) is 2.93. The van der Waals surface area contributed by atoms with Crippen LogP contribution in [0.15, 0.2) is 24.5 Å². The predicted octanol–water partition coefficient (Wildman–Crippen LogP) is 0.885. The molecule has 0 aliphatic rings. The molecule has 112 valence electrons. The van der Waals surface area contributed by atoms with Gasteiger partial charge in [-0.2, -0.15) is 9.78 Å². The van der Waals surface area contributed by atoms with E-state index in [1.54, 1.807) is 4.68 Å². The molecule has 21 heavy (non-hydrogen) atoms. The number of aromatic nitrogens is 4. The van der Waals surface area contributed by atoms with Crippen LogP contribution < -0.4 is 5.32 Å². The van der Waals surface area contributed by atoms with E-state index in [1.807, 2.05) is 26.1 Å². The smallest absolute Gasteiger partial charge is 0.358 e. The van der Waals surface area contributed by atoms with Crippen molar-refractivity contribution < 1.29 is 9.72 Å². The van der Waals surface area contributed by atoms with E-state index in [4.69, 9.17) is 0 Å². The quantitative estimate of drug-likeness (QED) is 0.628. The van der Waals surface area contributed by atoms with Crippen LogP contribution in [0.5, 0.6) is 0 Å². The highest BCUT2D eigenvalue weighted by molar-refractivity contribution is 5.76. The Bertz CT molecular complexity index is 647. The number of carbonyl (C=O) groups excluding carboxylic acids is 1. The minimum absolute atomic E-state index is 0.0767. The van der Waals surface area contributed by atoms with E-state index in [0.29, 0.717) is 0 Å². The zero-order valence-corrected chi connectivity index (χ0v) is 11.8. The highest BCUT2D eigenvalue weighted by atomic mass is 16.6. The number of nitrogens with one attached hydrogen (secondary N) is 1. The normalized spacial score (nSPS) is 12.1. The van der Waals surface area contributed by atoms with Gasteiger partial charge >= 0.3 is 5.82 Å². The second-order valence-corrected chi connectivity index (χ2v) is 4.51. The first-order valence-corrected chi connectivity index (χ1v) is 6.50. The summed E-state index contributed by atoms with van der Waals surface area (Å²) in [6.45, 7) is 4.49. The lowest BCUT2D eigenvalue weighted by Crippen LogP contribution is -2.30. The minimum Gasteiger partial charge on any atom is -0.358 e. The SMILES string of the molecule is CCn1ccc(C(C)NC(=O)Cn2ccc([N+](=O)[O-])n2)n1. The van der Waals surface area contributed by atoms with E-state index < -0.39 is 4.92 Å². The lowest BCUT2D eigenvalue weighted by atomic mass is 10.2. The largest absolute Gasteiger partial charge is 0.389 e. The fourth-order valence-electron chi connectivity index (χ4n) is 1.83. The van der Waals surface area contributed by atoms with Crippen molar-refractivity contribution in [3.8, 4) is 0 Å². The Morgan fingerprint density at radius 1 is 1.38 bits per heavy atom. The third kappa shape index (κ3) is 3.65. The van der Waals surface area contributed by atoms with Gasteiger partial charge in [-0.1, -0.05) is 0 Å². The van der Waals surface area contributed by atoms with Gasteiger partial charge in [0.2, 0.25) is 5.91 Å². The Labute approximate surface area is 120 Å². The van der Waals surface area contributed by atoms with Gasteiger partial charge in [-0.05, 0) is 24.8 Å². The van der Waals surface area contributed by atoms with Crippen molar-refractivity contribution in [3.05, 3.63) is 40.3 Å². The molecule has 9 heteroatoms. The van der Waals surface area contributed by atoms with Crippen molar-refractivity contribution in [1.82, 2.24) is 24.9 Å². The number of nitro groups is 1. The molecule has 0 aromatic carbocycles. The molecule has 0 bridgehead atoms. The van der Waals surface area contributed by atoms with Gasteiger partial charge in [-0.25, -0.2) is 0 Å². The topological polar surface area (TPSA) is 108 Å². The molecule has 0 aliphatic carbocycles. The summed E-state index contributed by atoms with van der Waals surface area (Å²) in [4.78, 5) is 21.8. The average molecular weight is 292 g/mol. The van der Waals surface area contributed by atoms with E-state index >= 15 is 0 Å². The molecular weight excluding hydrogens is 276 g/mol. The maximum atomic E-state index is 11.9. The molecule has 2 aromatic rings. The van der Waals surface area contributed by atoms with Crippen LogP contribution >= 0.6 is 0 Å². The number of carbonyl (C=O) groups is 1. The molecule has 1 amide bonds. The maximum absolute atomic E-state index is 11.9. The molecule has 0 radical (unpaired) electrons. The first kappa shape index (κ1) is 14.7. The summed E-state index contributed by atoms with van der Waals surface area (Å²) >= 11 is 0. The fourth-order valence-corrected chi connectivity index (χ4v) is 1.83. The molecule has 2 rings (SSSR count). The van der Waals surface area contributed by atoms with Gasteiger partial charge in [-0.15, -0.1) is 0 Å². The summed E-state index contributed by atoms with van der Waals surface area (Å²) in [7, 11) is 0. The van der Waals surface area contributed by atoms with E-state index in [2.05, 4.69) is 15.5 Å². The Hall–Kier alpha value is -2.71. The molecule has 0 saturated heterocycles. The van der Waals surface area contributed by atoms with E-state index in [9.17, 15) is 14.9 Å². The molecule has 9 nitrogen and oxygen atoms in total. The van der Waals surface area contributed by atoms with Crippen molar-refractivity contribution in [2.75, 3.05) is 0 Å². The van der Waals surface area contributed by atoms with Gasteiger partial charge < -0.3 is 15.4 Å². The number of nitrogens with zero attached hydrogens (tertiary/aromatic N) is 5. The predicted molar refractivity (Wildman–Crippen MR) is 73.3 cm³/mol. The van der Waals surface area contributed by atoms with E-state index in [-0.39, 0.29) is 24.3 Å². The van der Waals surface area contributed by atoms with E-state index in [0.717, 1.165) is 12.2 Å². The number of aryl methyl sites for hydroxylation is 1. The summed E-state index contributed by atoms with van der Waals surface area (Å²) in [5, 5.41) is 21.3. The van der Waals surface area contributed by atoms with Gasteiger partial charge in [-0.3, -0.25) is 9.48 Å². The van der Waals surface area contributed by atoms with Crippen LogP contribution in [-0.4, -0.2) is 30.4 Å². The molecule has 1 N–H and O–H groups in total. The lowest BCUT2D eigenvalue weighted by molar-refractivity contribution is -0.389. The Morgan fingerprint density at radius 3 is 2.67 bits per heavy atom. The number of amides is 1. The average Bonchev–Trinajstić information content (AvgIpc) is 3.06. The summed E-state index contributed by atoms with van der Waals surface area (Å²) in [6, 6.07) is 2.85. The zero-order valence-electron chi connectivity index (χ0n) is 11.8. The van der Waals surface area contributed by atoms with Crippen molar-refractivity contribution >= 4 is 11.7 Å². The molecule has 2 aromatic heterocycles. The maximum Gasteiger partial charge on any atom is 0.389 e. The summed E-state index contributed by atoms with van der Waals surface area (Å²) in [5.41, 5.74) is 0.761. The van der Waals surface area contributed by atoms with Crippen LogP contribution in [0.2, 0.25) is 0 Å². The first-order chi connectivity index (χ1) is 9.99. The molecule has 1 atom stereocenters. The molecule has 0 aliphatic heterocycles. The molecule has 0 spiro atoms. The van der Waals surface area contributed by atoms with Crippen molar-refractivity contribution in [3.63, 3.8) is 0 Å². The van der Waals surface area contributed by atoms with Gasteiger partial charge in [0.25, 0.3) is 0 Å². The van der Waals surface area contributed by atoms with Gasteiger partial charge in [0, 0.05) is 12.7 Å². The van der Waals surface area contributed by atoms with E-state index in [1.165, 1.54) is 16.9 Å². The minimum atomic E-state index is -0.603. The monoisotopic (exact) mass is 292 g/mol. The Balaban J connectivity index is 1.92. The van der Waals surface area contributed by atoms with Crippen LogP contribution in [0.4, 0.5) is 5.82 Å². The Morgan fingerprint density at radius 2 is 2.10 bits per heavy atom. The van der Waals surface area contributed by atoms with Gasteiger partial charge in [0.15, 0.2) is 0 Å². The zero-order chi connectivity index (χ0) is 15.4. The second-order valence-electron chi connectivity index (χ2n) is 4.51. The fraction of sp³-hybridized carbons (Fsp3) is 0.417. The molecule has 0 saturated carbocycles. The van der Waals surface area contributed by atoms with Crippen LogP contribution in [0.1, 0.15) is 25.6 Å². The number of hydrogen-bond donors (Lipinski definition) is 1. The molecule has 2 heterocycles. The van der Waals surface area contributed by atoms with Crippen LogP contribution in [0.25, 0.3) is 0 Å². The van der Waals surface area contributed by atoms with Gasteiger partial charge in [0.1, 0.15) is 6.54 Å². The molecular formula is C12H16N6O3.